The lowest BCUT2D eigenvalue weighted by atomic mass is 10.2. The van der Waals surface area contributed by atoms with E-state index in [2.05, 4.69) is 0 Å². The molecule has 0 fully saturated rings. The third kappa shape index (κ3) is 1.75. The van der Waals surface area contributed by atoms with Crippen molar-refractivity contribution >= 4 is 33.3 Å². The fourth-order valence-electron chi connectivity index (χ4n) is 0.791. The van der Waals surface area contributed by atoms with Gasteiger partial charge < -0.3 is 0 Å². The van der Waals surface area contributed by atoms with E-state index in [4.69, 9.17) is 22.3 Å². The van der Waals surface area contributed by atoms with E-state index in [0.717, 1.165) is 0 Å². The summed E-state index contributed by atoms with van der Waals surface area (Å²) >= 11 is 5.31. The van der Waals surface area contributed by atoms with Gasteiger partial charge in [-0.15, -0.1) is 0 Å². The van der Waals surface area contributed by atoms with Crippen molar-refractivity contribution < 1.29 is 13.2 Å². The molecule has 0 radical (unpaired) electrons. The summed E-state index contributed by atoms with van der Waals surface area (Å²) in [5.74, 6) is -3.55. The Balaban J connectivity index is 3.56. The van der Waals surface area contributed by atoms with E-state index in [9.17, 15) is 13.2 Å². The van der Waals surface area contributed by atoms with Crippen LogP contribution in [0.3, 0.4) is 0 Å². The lowest BCUT2D eigenvalue weighted by Crippen LogP contribution is -1.97. The summed E-state index contributed by atoms with van der Waals surface area (Å²) in [6.07, 6.45) is 0. The summed E-state index contributed by atoms with van der Waals surface area (Å²) in [4.78, 5) is -0.568. The summed E-state index contributed by atoms with van der Waals surface area (Å²) in [7, 11) is 5.44. The number of halogens is 5. The molecule has 0 unspecified atom stereocenters. The van der Waals surface area contributed by atoms with E-state index in [1.54, 1.807) is 0 Å². The van der Waals surface area contributed by atoms with Crippen LogP contribution in [0.5, 0.6) is 0 Å². The Hall–Kier alpha value is -0.0600. The molecule has 0 aromatic heterocycles. The highest BCUT2D eigenvalue weighted by Gasteiger charge is 2.21. The Labute approximate surface area is 86.5 Å². The van der Waals surface area contributed by atoms with Crippen LogP contribution < -0.4 is 0 Å². The smallest absolute Gasteiger partial charge is 0.179 e. The van der Waals surface area contributed by atoms with Crippen LogP contribution in [-0.2, 0) is 0 Å². The number of hydrogen-bond donors (Lipinski definition) is 0. The van der Waals surface area contributed by atoms with E-state index in [1.807, 2.05) is 0 Å². The molecule has 0 amide bonds. The summed E-state index contributed by atoms with van der Waals surface area (Å²) < 4.78 is 38.9. The first kappa shape index (κ1) is 11.0. The largest absolute Gasteiger partial charge is 0.205 e. The normalized spacial score (nSPS) is 10.6. The first-order valence-electron chi connectivity index (χ1n) is 3.11. The first-order chi connectivity index (χ1) is 6.00. The zero-order valence-electron chi connectivity index (χ0n) is 6.30. The molecular weight excluding hydrogens is 244 g/mol. The summed E-state index contributed by atoms with van der Waals surface area (Å²) in [6, 6.07) is 0. The molecule has 13 heavy (non-hydrogen) atoms. The monoisotopic (exact) mass is 246 g/mol. The molecule has 1 aromatic rings. The van der Waals surface area contributed by atoms with Gasteiger partial charge in [0, 0.05) is 5.56 Å². The van der Waals surface area contributed by atoms with Gasteiger partial charge in [-0.05, 0) is 28.6 Å². The average Bonchev–Trinajstić information content (AvgIpc) is 2.13. The fourth-order valence-corrected chi connectivity index (χ4v) is 1.74. The molecule has 0 aliphatic carbocycles. The van der Waals surface area contributed by atoms with Crippen LogP contribution in [0.1, 0.15) is 5.56 Å². The standard InChI is InChI=1S/C7H3Cl2F3S/c1-2-3(8)5(11)6(12)7(13-9)4(2)10/h1H3. The van der Waals surface area contributed by atoms with Crippen molar-refractivity contribution in [2.75, 3.05) is 0 Å². The maximum Gasteiger partial charge on any atom is 0.179 e. The van der Waals surface area contributed by atoms with Crippen molar-refractivity contribution in [3.8, 4) is 0 Å². The minimum atomic E-state index is -1.35. The molecule has 0 N–H and O–H groups in total. The van der Waals surface area contributed by atoms with Crippen LogP contribution >= 0.6 is 33.3 Å². The van der Waals surface area contributed by atoms with Gasteiger partial charge in [-0.2, -0.15) is 0 Å². The van der Waals surface area contributed by atoms with E-state index in [-0.39, 0.29) is 16.5 Å². The molecular formula is C7H3Cl2F3S. The predicted molar refractivity (Wildman–Crippen MR) is 47.8 cm³/mol. The Kier molecular flexibility index (Phi) is 3.38. The van der Waals surface area contributed by atoms with Crippen molar-refractivity contribution in [2.24, 2.45) is 0 Å². The Bertz CT molecular complexity index is 325. The Morgan fingerprint density at radius 3 is 2.08 bits per heavy atom. The average molecular weight is 247 g/mol. The second-order valence-electron chi connectivity index (χ2n) is 2.29. The van der Waals surface area contributed by atoms with E-state index < -0.39 is 27.4 Å². The van der Waals surface area contributed by atoms with Crippen molar-refractivity contribution in [2.45, 2.75) is 11.8 Å². The molecule has 0 aliphatic heterocycles. The number of rotatable bonds is 1. The molecule has 0 aliphatic rings. The maximum atomic E-state index is 13.1. The molecule has 0 spiro atoms. The van der Waals surface area contributed by atoms with Gasteiger partial charge in [0.15, 0.2) is 11.6 Å². The molecule has 72 valence electrons. The minimum Gasteiger partial charge on any atom is -0.205 e. The quantitative estimate of drug-likeness (QED) is 0.526. The second kappa shape index (κ2) is 3.98. The van der Waals surface area contributed by atoms with Crippen LogP contribution in [0.15, 0.2) is 4.90 Å². The van der Waals surface area contributed by atoms with Crippen LogP contribution in [-0.4, -0.2) is 0 Å². The summed E-state index contributed by atoms with van der Waals surface area (Å²) in [5, 5.41) is -0.551. The van der Waals surface area contributed by atoms with Gasteiger partial charge in [-0.3, -0.25) is 0 Å². The highest BCUT2D eigenvalue weighted by atomic mass is 35.7. The van der Waals surface area contributed by atoms with Crippen molar-refractivity contribution in [3.05, 3.63) is 28.0 Å². The van der Waals surface area contributed by atoms with Crippen molar-refractivity contribution in [1.82, 2.24) is 0 Å². The Morgan fingerprint density at radius 2 is 1.62 bits per heavy atom. The molecule has 0 heterocycles. The third-order valence-corrected chi connectivity index (χ3v) is 2.94. The minimum absolute atomic E-state index is 0.149. The van der Waals surface area contributed by atoms with Crippen molar-refractivity contribution in [1.29, 1.82) is 0 Å². The molecule has 0 atom stereocenters. The summed E-state index contributed by atoms with van der Waals surface area (Å²) in [6.45, 7) is 1.25. The van der Waals surface area contributed by atoms with E-state index in [1.165, 1.54) is 6.92 Å². The molecule has 0 bridgehead atoms. The molecule has 0 nitrogen and oxygen atoms in total. The Morgan fingerprint density at radius 1 is 1.08 bits per heavy atom. The van der Waals surface area contributed by atoms with Gasteiger partial charge in [0.05, 0.1) is 9.92 Å². The second-order valence-corrected chi connectivity index (χ2v) is 3.69. The number of benzene rings is 1. The first-order valence-corrected chi connectivity index (χ1v) is 5.13. The van der Waals surface area contributed by atoms with Gasteiger partial charge in [0.2, 0.25) is 0 Å². The fraction of sp³-hybridized carbons (Fsp3) is 0.143. The maximum absolute atomic E-state index is 13.1. The lowest BCUT2D eigenvalue weighted by Gasteiger charge is -2.06. The van der Waals surface area contributed by atoms with Gasteiger partial charge in [-0.25, -0.2) is 13.2 Å². The lowest BCUT2D eigenvalue weighted by molar-refractivity contribution is 0.465. The third-order valence-electron chi connectivity index (χ3n) is 1.52. The van der Waals surface area contributed by atoms with Crippen LogP contribution in [0.4, 0.5) is 13.2 Å². The van der Waals surface area contributed by atoms with Crippen LogP contribution in [0.2, 0.25) is 5.02 Å². The van der Waals surface area contributed by atoms with Gasteiger partial charge in [0.25, 0.3) is 0 Å². The van der Waals surface area contributed by atoms with E-state index >= 15 is 0 Å². The predicted octanol–water partition coefficient (Wildman–Crippen LogP) is 4.31. The zero-order valence-corrected chi connectivity index (χ0v) is 8.63. The molecule has 6 heteroatoms. The molecule has 1 rings (SSSR count). The van der Waals surface area contributed by atoms with Crippen LogP contribution in [0.25, 0.3) is 0 Å². The van der Waals surface area contributed by atoms with E-state index in [0.29, 0.717) is 0 Å². The molecule has 0 saturated heterocycles. The SMILES string of the molecule is Cc1c(F)c(SCl)c(F)c(F)c1Cl. The summed E-state index contributed by atoms with van der Waals surface area (Å²) in [5.41, 5.74) is -0.149. The van der Waals surface area contributed by atoms with Gasteiger partial charge in [0.1, 0.15) is 5.82 Å². The highest BCUT2D eigenvalue weighted by Crippen LogP contribution is 2.35. The highest BCUT2D eigenvalue weighted by molar-refractivity contribution is 8.21. The zero-order chi connectivity index (χ0) is 10.2. The van der Waals surface area contributed by atoms with Crippen LogP contribution in [0, 0.1) is 24.4 Å². The van der Waals surface area contributed by atoms with Gasteiger partial charge >= 0.3 is 0 Å². The topological polar surface area (TPSA) is 0 Å². The molecule has 1 aromatic carbocycles. The molecule has 0 saturated carbocycles. The van der Waals surface area contributed by atoms with Crippen molar-refractivity contribution in [3.63, 3.8) is 0 Å². The number of hydrogen-bond acceptors (Lipinski definition) is 1. The van der Waals surface area contributed by atoms with Gasteiger partial charge in [-0.1, -0.05) is 11.6 Å².